The van der Waals surface area contributed by atoms with Gasteiger partial charge in [-0.25, -0.2) is 4.98 Å². The molecule has 8 heteroatoms. The highest BCUT2D eigenvalue weighted by atomic mass is 35.5. The second kappa shape index (κ2) is 4.96. The number of alkyl halides is 3. The van der Waals surface area contributed by atoms with Crippen molar-refractivity contribution < 1.29 is 13.2 Å². The number of hydrogen-bond donors (Lipinski definition) is 1. The van der Waals surface area contributed by atoms with Crippen LogP contribution >= 0.6 is 34.8 Å². The number of aromatic nitrogens is 1. The van der Waals surface area contributed by atoms with E-state index < -0.39 is 18.6 Å². The molecule has 16 heavy (non-hydrogen) atoms. The van der Waals surface area contributed by atoms with E-state index >= 15 is 0 Å². The van der Waals surface area contributed by atoms with Crippen LogP contribution in [-0.4, -0.2) is 11.2 Å². The first kappa shape index (κ1) is 13.8. The molecular weight excluding hydrogens is 287 g/mol. The van der Waals surface area contributed by atoms with Crippen molar-refractivity contribution in [3.05, 3.63) is 27.0 Å². The van der Waals surface area contributed by atoms with Crippen LogP contribution in [0.15, 0.2) is 6.20 Å². The summed E-state index contributed by atoms with van der Waals surface area (Å²) in [5.41, 5.74) is 5.34. The Kier molecular flexibility index (Phi) is 4.29. The number of rotatable bonds is 2. The molecule has 0 spiro atoms. The summed E-state index contributed by atoms with van der Waals surface area (Å²) in [6.45, 7) is 0. The molecule has 2 nitrogen and oxygen atoms in total. The second-order valence-electron chi connectivity index (χ2n) is 3.05. The normalized spacial score (nSPS) is 13.9. The van der Waals surface area contributed by atoms with Gasteiger partial charge in [-0.2, -0.15) is 13.2 Å². The zero-order valence-electron chi connectivity index (χ0n) is 7.65. The van der Waals surface area contributed by atoms with Crippen LogP contribution in [0.3, 0.4) is 0 Å². The van der Waals surface area contributed by atoms with Gasteiger partial charge in [-0.3, -0.25) is 0 Å². The van der Waals surface area contributed by atoms with E-state index in [-0.39, 0.29) is 20.8 Å². The van der Waals surface area contributed by atoms with Gasteiger partial charge >= 0.3 is 6.18 Å². The van der Waals surface area contributed by atoms with Gasteiger partial charge in [-0.15, -0.1) is 0 Å². The van der Waals surface area contributed by atoms with Crippen LogP contribution in [0.5, 0.6) is 0 Å². The lowest BCUT2D eigenvalue weighted by Gasteiger charge is -2.17. The number of pyridine rings is 1. The topological polar surface area (TPSA) is 38.9 Å². The molecule has 0 unspecified atom stereocenters. The summed E-state index contributed by atoms with van der Waals surface area (Å²) in [4.78, 5) is 3.58. The van der Waals surface area contributed by atoms with Crippen molar-refractivity contribution in [3.63, 3.8) is 0 Å². The SMILES string of the molecule is N[C@@H](CC(F)(F)F)c1c(Cl)cnc(Cl)c1Cl. The Balaban J connectivity index is 3.08. The molecule has 2 N–H and O–H groups in total. The third kappa shape index (κ3) is 3.38. The fourth-order valence-electron chi connectivity index (χ4n) is 1.15. The molecule has 1 atom stereocenters. The Hall–Kier alpha value is -0.230. The maximum atomic E-state index is 12.1. The first-order valence-corrected chi connectivity index (χ1v) is 5.17. The van der Waals surface area contributed by atoms with Crippen LogP contribution in [0.1, 0.15) is 18.0 Å². The largest absolute Gasteiger partial charge is 0.390 e. The highest BCUT2D eigenvalue weighted by molar-refractivity contribution is 6.43. The minimum atomic E-state index is -4.40. The summed E-state index contributed by atoms with van der Waals surface area (Å²) in [5, 5.41) is -0.309. The van der Waals surface area contributed by atoms with Gasteiger partial charge in [0.15, 0.2) is 0 Å². The van der Waals surface area contributed by atoms with E-state index in [0.717, 1.165) is 6.20 Å². The van der Waals surface area contributed by atoms with Gasteiger partial charge in [0.25, 0.3) is 0 Å². The lowest BCUT2D eigenvalue weighted by Crippen LogP contribution is -2.21. The maximum absolute atomic E-state index is 12.1. The molecule has 0 aromatic carbocycles. The van der Waals surface area contributed by atoms with Gasteiger partial charge in [-0.1, -0.05) is 34.8 Å². The summed E-state index contributed by atoms with van der Waals surface area (Å²) in [7, 11) is 0. The van der Waals surface area contributed by atoms with E-state index in [1.165, 1.54) is 0 Å². The average Bonchev–Trinajstić information content (AvgIpc) is 2.09. The molecule has 1 aromatic heterocycles. The summed E-state index contributed by atoms with van der Waals surface area (Å²) in [6.07, 6.45) is -4.52. The van der Waals surface area contributed by atoms with Crippen LogP contribution in [0.25, 0.3) is 0 Å². The highest BCUT2D eigenvalue weighted by Crippen LogP contribution is 2.37. The van der Waals surface area contributed by atoms with Crippen molar-refractivity contribution in [2.75, 3.05) is 0 Å². The third-order valence-corrected chi connectivity index (χ3v) is 2.86. The molecule has 0 radical (unpaired) electrons. The summed E-state index contributed by atoms with van der Waals surface area (Å²) >= 11 is 16.9. The number of hydrogen-bond acceptors (Lipinski definition) is 2. The Morgan fingerprint density at radius 3 is 2.38 bits per heavy atom. The molecule has 1 rings (SSSR count). The van der Waals surface area contributed by atoms with Crippen LogP contribution in [0.4, 0.5) is 13.2 Å². The van der Waals surface area contributed by atoms with Gasteiger partial charge in [0.05, 0.1) is 16.5 Å². The standard InChI is InChI=1S/C8H6Cl3F3N2/c9-3-2-16-7(11)6(10)5(3)4(15)1-8(12,13)14/h2,4H,1,15H2/t4-/m0/s1. The molecule has 1 aromatic rings. The summed E-state index contributed by atoms with van der Waals surface area (Å²) in [6, 6.07) is -1.36. The zero-order chi connectivity index (χ0) is 12.5. The fraction of sp³-hybridized carbons (Fsp3) is 0.375. The van der Waals surface area contributed by atoms with Crippen LogP contribution in [0, 0.1) is 0 Å². The van der Waals surface area contributed by atoms with E-state index in [2.05, 4.69) is 4.98 Å². The third-order valence-electron chi connectivity index (χ3n) is 1.79. The Labute approximate surface area is 104 Å². The van der Waals surface area contributed by atoms with E-state index in [1.807, 2.05) is 0 Å². The van der Waals surface area contributed by atoms with Gasteiger partial charge in [0.1, 0.15) is 5.15 Å². The number of halogens is 6. The lowest BCUT2D eigenvalue weighted by atomic mass is 10.1. The summed E-state index contributed by atoms with van der Waals surface area (Å²) < 4.78 is 36.4. The molecule has 0 saturated heterocycles. The predicted octanol–water partition coefficient (Wildman–Crippen LogP) is 3.99. The monoisotopic (exact) mass is 292 g/mol. The molecule has 0 bridgehead atoms. The molecule has 1 heterocycles. The van der Waals surface area contributed by atoms with Crippen LogP contribution in [0.2, 0.25) is 15.2 Å². The van der Waals surface area contributed by atoms with Crippen molar-refractivity contribution >= 4 is 34.8 Å². The molecular formula is C8H6Cl3F3N2. The van der Waals surface area contributed by atoms with E-state index in [1.54, 1.807) is 0 Å². The van der Waals surface area contributed by atoms with Crippen molar-refractivity contribution in [1.82, 2.24) is 4.98 Å². The molecule has 0 saturated carbocycles. The quantitative estimate of drug-likeness (QED) is 0.837. The lowest BCUT2D eigenvalue weighted by molar-refractivity contribution is -0.138. The Bertz CT molecular complexity index is 395. The smallest absolute Gasteiger partial charge is 0.324 e. The predicted molar refractivity (Wildman–Crippen MR) is 56.9 cm³/mol. The molecule has 0 amide bonds. The van der Waals surface area contributed by atoms with Gasteiger partial charge < -0.3 is 5.73 Å². The van der Waals surface area contributed by atoms with Gasteiger partial charge in [-0.05, 0) is 0 Å². The zero-order valence-corrected chi connectivity index (χ0v) is 9.92. The van der Waals surface area contributed by atoms with E-state index in [9.17, 15) is 13.2 Å². The molecule has 0 fully saturated rings. The van der Waals surface area contributed by atoms with Gasteiger partial charge in [0, 0.05) is 17.8 Å². The van der Waals surface area contributed by atoms with Crippen molar-refractivity contribution in [1.29, 1.82) is 0 Å². The molecule has 0 aliphatic carbocycles. The highest BCUT2D eigenvalue weighted by Gasteiger charge is 2.33. The fourth-order valence-corrected chi connectivity index (χ4v) is 1.92. The van der Waals surface area contributed by atoms with Crippen molar-refractivity contribution in [3.8, 4) is 0 Å². The maximum Gasteiger partial charge on any atom is 0.390 e. The van der Waals surface area contributed by atoms with E-state index in [0.29, 0.717) is 0 Å². The Morgan fingerprint density at radius 1 is 1.31 bits per heavy atom. The minimum Gasteiger partial charge on any atom is -0.324 e. The van der Waals surface area contributed by atoms with Crippen LogP contribution in [-0.2, 0) is 0 Å². The molecule has 90 valence electrons. The van der Waals surface area contributed by atoms with Gasteiger partial charge in [0.2, 0.25) is 0 Å². The van der Waals surface area contributed by atoms with Crippen molar-refractivity contribution in [2.45, 2.75) is 18.6 Å². The number of nitrogens with zero attached hydrogens (tertiary/aromatic N) is 1. The van der Waals surface area contributed by atoms with Crippen molar-refractivity contribution in [2.24, 2.45) is 5.73 Å². The molecule has 0 aliphatic rings. The average molecular weight is 294 g/mol. The first-order chi connectivity index (χ1) is 7.22. The summed E-state index contributed by atoms with van der Waals surface area (Å²) in [5.74, 6) is 0. The minimum absolute atomic E-state index is 0.0360. The first-order valence-electron chi connectivity index (χ1n) is 4.04. The Morgan fingerprint density at radius 2 is 1.88 bits per heavy atom. The van der Waals surface area contributed by atoms with E-state index in [4.69, 9.17) is 40.5 Å². The second-order valence-corrected chi connectivity index (χ2v) is 4.19. The number of nitrogens with two attached hydrogens (primary N) is 1. The molecule has 0 aliphatic heterocycles. The van der Waals surface area contributed by atoms with Crippen LogP contribution < -0.4 is 5.73 Å².